The van der Waals surface area contributed by atoms with Crippen molar-refractivity contribution in [1.29, 1.82) is 0 Å². The van der Waals surface area contributed by atoms with E-state index < -0.39 is 36.5 Å². The summed E-state index contributed by atoms with van der Waals surface area (Å²) in [4.78, 5) is 36.7. The Morgan fingerprint density at radius 1 is 1.27 bits per heavy atom. The second-order valence-corrected chi connectivity index (χ2v) is 5.10. The number of amides is 2. The van der Waals surface area contributed by atoms with Crippen molar-refractivity contribution in [3.63, 3.8) is 0 Å². The zero-order valence-corrected chi connectivity index (χ0v) is 11.9. The first-order chi connectivity index (χ1) is 10.5. The molecular formula is C15H18N2O5. The van der Waals surface area contributed by atoms with Gasteiger partial charge < -0.3 is 20.4 Å². The zero-order valence-electron chi connectivity index (χ0n) is 11.9. The second kappa shape index (κ2) is 7.04. The van der Waals surface area contributed by atoms with Gasteiger partial charge in [-0.25, -0.2) is 4.79 Å². The topological polar surface area (TPSA) is 107 Å². The van der Waals surface area contributed by atoms with Gasteiger partial charge in [0.15, 0.2) is 0 Å². The number of nitrogens with one attached hydrogen (secondary N) is 1. The third kappa shape index (κ3) is 3.43. The van der Waals surface area contributed by atoms with Crippen LogP contribution in [0, 0.1) is 0 Å². The Bertz CT molecular complexity index is 560. The summed E-state index contributed by atoms with van der Waals surface area (Å²) in [6.45, 7) is -0.270. The Hall–Kier alpha value is -2.41. The predicted molar refractivity (Wildman–Crippen MR) is 77.2 cm³/mol. The highest BCUT2D eigenvalue weighted by Gasteiger charge is 2.37. The van der Waals surface area contributed by atoms with Gasteiger partial charge in [-0.3, -0.25) is 9.59 Å². The van der Waals surface area contributed by atoms with Crippen molar-refractivity contribution in [1.82, 2.24) is 10.2 Å². The van der Waals surface area contributed by atoms with Crippen molar-refractivity contribution < 1.29 is 24.6 Å². The van der Waals surface area contributed by atoms with Gasteiger partial charge in [-0.05, 0) is 25.0 Å². The number of likely N-dealkylation sites (tertiary alicyclic amines) is 1. The van der Waals surface area contributed by atoms with Crippen LogP contribution in [-0.2, 0) is 9.59 Å². The highest BCUT2D eigenvalue weighted by molar-refractivity contribution is 5.98. The molecule has 2 atom stereocenters. The van der Waals surface area contributed by atoms with Gasteiger partial charge in [0.25, 0.3) is 5.91 Å². The first-order valence-corrected chi connectivity index (χ1v) is 7.04. The highest BCUT2D eigenvalue weighted by atomic mass is 16.4. The van der Waals surface area contributed by atoms with Gasteiger partial charge in [0.2, 0.25) is 5.91 Å². The van der Waals surface area contributed by atoms with Gasteiger partial charge in [-0.2, -0.15) is 0 Å². The number of aliphatic hydroxyl groups excluding tert-OH is 1. The van der Waals surface area contributed by atoms with E-state index in [0.29, 0.717) is 24.9 Å². The zero-order chi connectivity index (χ0) is 16.1. The molecule has 3 N–H and O–H groups in total. The van der Waals surface area contributed by atoms with E-state index in [9.17, 15) is 19.5 Å². The molecule has 1 saturated heterocycles. The fourth-order valence-corrected chi connectivity index (χ4v) is 2.50. The minimum absolute atomic E-state index is 0.313. The number of nitrogens with zero attached hydrogens (tertiary/aromatic N) is 1. The molecule has 1 fully saturated rings. The number of aliphatic carboxylic acids is 1. The summed E-state index contributed by atoms with van der Waals surface area (Å²) in [5, 5.41) is 20.9. The van der Waals surface area contributed by atoms with Crippen molar-refractivity contribution >= 4 is 17.8 Å². The lowest BCUT2D eigenvalue weighted by Gasteiger charge is -2.26. The first kappa shape index (κ1) is 16.0. The first-order valence-electron chi connectivity index (χ1n) is 7.04. The number of carboxylic acid groups (broad SMARTS) is 1. The van der Waals surface area contributed by atoms with Crippen LogP contribution in [-0.4, -0.2) is 58.1 Å². The molecule has 1 aromatic rings. The minimum atomic E-state index is -1.15. The third-order valence-electron chi connectivity index (χ3n) is 3.64. The number of hydrogen-bond acceptors (Lipinski definition) is 4. The van der Waals surface area contributed by atoms with Crippen LogP contribution in [0.25, 0.3) is 0 Å². The summed E-state index contributed by atoms with van der Waals surface area (Å²) in [5.74, 6) is -2.13. The van der Waals surface area contributed by atoms with E-state index in [-0.39, 0.29) is 0 Å². The quantitative estimate of drug-likeness (QED) is 0.701. The van der Waals surface area contributed by atoms with Gasteiger partial charge in [0, 0.05) is 12.1 Å². The maximum absolute atomic E-state index is 12.3. The molecule has 2 rings (SSSR count). The van der Waals surface area contributed by atoms with Crippen LogP contribution in [0.1, 0.15) is 23.2 Å². The molecule has 0 radical (unpaired) electrons. The van der Waals surface area contributed by atoms with Crippen molar-refractivity contribution in [3.8, 4) is 0 Å². The Kier molecular flexibility index (Phi) is 5.11. The molecule has 0 aliphatic carbocycles. The van der Waals surface area contributed by atoms with Crippen molar-refractivity contribution in [2.45, 2.75) is 24.9 Å². The summed E-state index contributed by atoms with van der Waals surface area (Å²) in [6.07, 6.45) is 0.972. The fraction of sp³-hybridized carbons (Fsp3) is 0.400. The van der Waals surface area contributed by atoms with Gasteiger partial charge in [-0.1, -0.05) is 18.2 Å². The average Bonchev–Trinajstić information content (AvgIpc) is 3.02. The standard InChI is InChI=1S/C15H18N2O5/c18-9-11(16-13(19)10-5-2-1-3-6-10)14(20)17-8-4-7-12(17)15(21)22/h1-3,5-6,11-12,18H,4,7-9H2,(H,16,19)(H,21,22)/t11-,12-/m0/s1. The van der Waals surface area contributed by atoms with Crippen molar-refractivity contribution in [2.75, 3.05) is 13.2 Å². The fourth-order valence-electron chi connectivity index (χ4n) is 2.50. The maximum Gasteiger partial charge on any atom is 0.326 e. The Balaban J connectivity index is 2.06. The van der Waals surface area contributed by atoms with Crippen molar-refractivity contribution in [2.24, 2.45) is 0 Å². The normalized spacial score (nSPS) is 18.8. The molecule has 0 unspecified atom stereocenters. The molecule has 0 aromatic heterocycles. The highest BCUT2D eigenvalue weighted by Crippen LogP contribution is 2.18. The number of carbonyl (C=O) groups is 3. The molecule has 0 saturated carbocycles. The summed E-state index contributed by atoms with van der Waals surface area (Å²) in [5.41, 5.74) is 0.366. The summed E-state index contributed by atoms with van der Waals surface area (Å²) in [7, 11) is 0. The lowest BCUT2D eigenvalue weighted by Crippen LogP contribution is -2.53. The Morgan fingerprint density at radius 3 is 2.55 bits per heavy atom. The van der Waals surface area contributed by atoms with Crippen LogP contribution in [0.15, 0.2) is 30.3 Å². The van der Waals surface area contributed by atoms with Gasteiger partial charge in [-0.15, -0.1) is 0 Å². The van der Waals surface area contributed by atoms with Crippen LogP contribution in [0.2, 0.25) is 0 Å². The van der Waals surface area contributed by atoms with E-state index in [0.717, 1.165) is 0 Å². The predicted octanol–water partition coefficient (Wildman–Crippen LogP) is -0.147. The molecule has 7 heteroatoms. The van der Waals surface area contributed by atoms with Crippen LogP contribution in [0.5, 0.6) is 0 Å². The summed E-state index contributed by atoms with van der Waals surface area (Å²) >= 11 is 0. The largest absolute Gasteiger partial charge is 0.480 e. The van der Waals surface area contributed by atoms with Gasteiger partial charge in [0.1, 0.15) is 12.1 Å². The molecule has 0 bridgehead atoms. The molecule has 2 amide bonds. The SMILES string of the molecule is O=C(N[C@@H](CO)C(=O)N1CCC[C@H]1C(=O)O)c1ccccc1. The second-order valence-electron chi connectivity index (χ2n) is 5.10. The minimum Gasteiger partial charge on any atom is -0.480 e. The molecular weight excluding hydrogens is 288 g/mol. The number of benzene rings is 1. The van der Waals surface area contributed by atoms with E-state index in [4.69, 9.17) is 5.11 Å². The number of carbonyl (C=O) groups excluding carboxylic acids is 2. The van der Waals surface area contributed by atoms with Crippen LogP contribution in [0.4, 0.5) is 0 Å². The van der Waals surface area contributed by atoms with Crippen LogP contribution in [0.3, 0.4) is 0 Å². The van der Waals surface area contributed by atoms with E-state index >= 15 is 0 Å². The molecule has 1 aromatic carbocycles. The van der Waals surface area contributed by atoms with E-state index in [1.165, 1.54) is 4.90 Å². The van der Waals surface area contributed by atoms with Crippen molar-refractivity contribution in [3.05, 3.63) is 35.9 Å². The summed E-state index contributed by atoms with van der Waals surface area (Å²) in [6, 6.07) is 6.27. The lowest BCUT2D eigenvalue weighted by atomic mass is 10.1. The lowest BCUT2D eigenvalue weighted by molar-refractivity contribution is -0.149. The molecule has 22 heavy (non-hydrogen) atoms. The van der Waals surface area contributed by atoms with Gasteiger partial charge in [0.05, 0.1) is 6.61 Å². The average molecular weight is 306 g/mol. The van der Waals surface area contributed by atoms with Gasteiger partial charge >= 0.3 is 5.97 Å². The molecule has 7 nitrogen and oxygen atoms in total. The number of carboxylic acids is 1. The summed E-state index contributed by atoms with van der Waals surface area (Å²) < 4.78 is 0. The van der Waals surface area contributed by atoms with E-state index in [2.05, 4.69) is 5.32 Å². The Labute approximate surface area is 127 Å². The Morgan fingerprint density at radius 2 is 1.95 bits per heavy atom. The maximum atomic E-state index is 12.3. The number of rotatable bonds is 5. The smallest absolute Gasteiger partial charge is 0.326 e. The van der Waals surface area contributed by atoms with Crippen LogP contribution < -0.4 is 5.32 Å². The number of aliphatic hydroxyl groups is 1. The molecule has 1 aliphatic rings. The van der Waals surface area contributed by atoms with Crippen LogP contribution >= 0.6 is 0 Å². The van der Waals surface area contributed by atoms with E-state index in [1.807, 2.05) is 0 Å². The monoisotopic (exact) mass is 306 g/mol. The molecule has 118 valence electrons. The molecule has 0 spiro atoms. The molecule has 1 aliphatic heterocycles. The third-order valence-corrected chi connectivity index (χ3v) is 3.64. The number of hydrogen-bond donors (Lipinski definition) is 3. The molecule has 1 heterocycles. The van der Waals surface area contributed by atoms with E-state index in [1.54, 1.807) is 30.3 Å².